The molecule has 2 aromatic carbocycles. The SMILES string of the molecule is COc1ccc(C(=O)COC(=O)C2CC(=O)N(c3ccc(SC)cc3)C2)cc1Cl. The second-order valence-electron chi connectivity index (χ2n) is 6.48. The van der Waals surface area contributed by atoms with E-state index in [2.05, 4.69) is 0 Å². The van der Waals surface area contributed by atoms with Gasteiger partial charge >= 0.3 is 5.97 Å². The van der Waals surface area contributed by atoms with Crippen molar-refractivity contribution >= 4 is 46.7 Å². The molecule has 1 unspecified atom stereocenters. The Hall–Kier alpha value is -2.51. The summed E-state index contributed by atoms with van der Waals surface area (Å²) in [5.41, 5.74) is 1.06. The topological polar surface area (TPSA) is 72.9 Å². The monoisotopic (exact) mass is 433 g/mol. The van der Waals surface area contributed by atoms with Crippen LogP contribution in [0.1, 0.15) is 16.8 Å². The zero-order valence-electron chi connectivity index (χ0n) is 16.0. The number of nitrogens with zero attached hydrogens (tertiary/aromatic N) is 1. The van der Waals surface area contributed by atoms with Crippen molar-refractivity contribution < 1.29 is 23.9 Å². The van der Waals surface area contributed by atoms with Gasteiger partial charge in [0.25, 0.3) is 0 Å². The second kappa shape index (κ2) is 9.33. The van der Waals surface area contributed by atoms with Gasteiger partial charge < -0.3 is 14.4 Å². The Kier molecular flexibility index (Phi) is 6.82. The van der Waals surface area contributed by atoms with E-state index in [0.29, 0.717) is 16.3 Å². The molecule has 2 aromatic rings. The van der Waals surface area contributed by atoms with Crippen molar-refractivity contribution in [2.75, 3.05) is 31.4 Å². The van der Waals surface area contributed by atoms with E-state index in [9.17, 15) is 14.4 Å². The van der Waals surface area contributed by atoms with Crippen LogP contribution in [0.4, 0.5) is 5.69 Å². The summed E-state index contributed by atoms with van der Waals surface area (Å²) in [6.45, 7) is -0.173. The predicted molar refractivity (Wildman–Crippen MR) is 112 cm³/mol. The number of hydrogen-bond acceptors (Lipinski definition) is 6. The summed E-state index contributed by atoms with van der Waals surface area (Å²) in [4.78, 5) is 39.6. The van der Waals surface area contributed by atoms with E-state index in [1.165, 1.54) is 13.2 Å². The Labute approximate surface area is 178 Å². The van der Waals surface area contributed by atoms with Crippen molar-refractivity contribution in [3.63, 3.8) is 0 Å². The number of Topliss-reactive ketones (excluding diaryl/α,β-unsaturated/α-hetero) is 1. The van der Waals surface area contributed by atoms with Crippen molar-refractivity contribution in [3.8, 4) is 5.75 Å². The molecule has 1 aliphatic rings. The van der Waals surface area contributed by atoms with Crippen molar-refractivity contribution in [2.45, 2.75) is 11.3 Å². The first-order chi connectivity index (χ1) is 13.9. The lowest BCUT2D eigenvalue weighted by molar-refractivity contribution is -0.147. The number of anilines is 1. The minimum absolute atomic E-state index is 0.0612. The van der Waals surface area contributed by atoms with Crippen LogP contribution in [-0.2, 0) is 14.3 Å². The number of halogens is 1. The molecule has 0 saturated carbocycles. The fourth-order valence-electron chi connectivity index (χ4n) is 3.05. The summed E-state index contributed by atoms with van der Waals surface area (Å²) in [5, 5.41) is 0.300. The van der Waals surface area contributed by atoms with Crippen LogP contribution in [0.2, 0.25) is 5.02 Å². The van der Waals surface area contributed by atoms with Gasteiger partial charge in [0.1, 0.15) is 5.75 Å². The molecule has 1 fully saturated rings. The summed E-state index contributed by atoms with van der Waals surface area (Å²) < 4.78 is 10.2. The molecule has 8 heteroatoms. The number of carbonyl (C=O) groups is 3. The summed E-state index contributed by atoms with van der Waals surface area (Å²) >= 11 is 7.63. The molecule has 1 heterocycles. The maximum Gasteiger partial charge on any atom is 0.311 e. The van der Waals surface area contributed by atoms with Gasteiger partial charge in [0, 0.05) is 29.1 Å². The Balaban J connectivity index is 1.57. The third-order valence-electron chi connectivity index (χ3n) is 4.66. The summed E-state index contributed by atoms with van der Waals surface area (Å²) in [6.07, 6.45) is 2.04. The van der Waals surface area contributed by atoms with Crippen LogP contribution in [-0.4, -0.2) is 44.2 Å². The highest BCUT2D eigenvalue weighted by atomic mass is 35.5. The number of thioether (sulfide) groups is 1. The van der Waals surface area contributed by atoms with Gasteiger partial charge in [-0.1, -0.05) is 11.6 Å². The molecule has 0 radical (unpaired) electrons. The van der Waals surface area contributed by atoms with E-state index in [0.717, 1.165) is 10.6 Å². The number of carbonyl (C=O) groups excluding carboxylic acids is 3. The molecule has 3 rings (SSSR count). The molecule has 1 saturated heterocycles. The molecular formula is C21H20ClNO5S. The third-order valence-corrected chi connectivity index (χ3v) is 5.70. The smallest absolute Gasteiger partial charge is 0.311 e. The number of amides is 1. The average Bonchev–Trinajstić information content (AvgIpc) is 3.13. The first-order valence-corrected chi connectivity index (χ1v) is 10.5. The van der Waals surface area contributed by atoms with Crippen molar-refractivity contribution in [2.24, 2.45) is 5.92 Å². The normalized spacial score (nSPS) is 16.0. The molecule has 0 bridgehead atoms. The molecule has 0 N–H and O–H groups in total. The maximum atomic E-state index is 12.4. The van der Waals surface area contributed by atoms with E-state index in [1.54, 1.807) is 28.8 Å². The van der Waals surface area contributed by atoms with Crippen LogP contribution in [0.25, 0.3) is 0 Å². The van der Waals surface area contributed by atoms with Crippen LogP contribution in [0.5, 0.6) is 5.75 Å². The molecule has 0 aromatic heterocycles. The van der Waals surface area contributed by atoms with Gasteiger partial charge in [0.2, 0.25) is 5.91 Å². The Morgan fingerprint density at radius 1 is 1.21 bits per heavy atom. The zero-order chi connectivity index (χ0) is 21.0. The van der Waals surface area contributed by atoms with Gasteiger partial charge in [-0.25, -0.2) is 0 Å². The number of ether oxygens (including phenoxy) is 2. The minimum atomic E-state index is -0.602. The van der Waals surface area contributed by atoms with Crippen molar-refractivity contribution in [3.05, 3.63) is 53.1 Å². The zero-order valence-corrected chi connectivity index (χ0v) is 17.6. The number of methoxy groups -OCH3 is 1. The largest absolute Gasteiger partial charge is 0.495 e. The van der Waals surface area contributed by atoms with E-state index in [1.807, 2.05) is 30.5 Å². The fourth-order valence-corrected chi connectivity index (χ4v) is 3.72. The number of ketones is 1. The molecular weight excluding hydrogens is 414 g/mol. The molecule has 0 aliphatic carbocycles. The van der Waals surface area contributed by atoms with Crippen LogP contribution >= 0.6 is 23.4 Å². The number of esters is 1. The molecule has 1 amide bonds. The van der Waals surface area contributed by atoms with Gasteiger partial charge in [-0.05, 0) is 48.7 Å². The van der Waals surface area contributed by atoms with E-state index < -0.39 is 18.5 Å². The van der Waals surface area contributed by atoms with Crippen LogP contribution in [0.15, 0.2) is 47.4 Å². The molecule has 0 spiro atoms. The lowest BCUT2D eigenvalue weighted by Crippen LogP contribution is -2.27. The van der Waals surface area contributed by atoms with E-state index >= 15 is 0 Å². The number of hydrogen-bond donors (Lipinski definition) is 0. The van der Waals surface area contributed by atoms with E-state index in [4.69, 9.17) is 21.1 Å². The van der Waals surface area contributed by atoms with Crippen LogP contribution < -0.4 is 9.64 Å². The Bertz CT molecular complexity index is 931. The standard InChI is InChI=1S/C21H20ClNO5S/c1-27-19-8-3-13(9-17(19)22)18(24)12-28-21(26)14-10-20(25)23(11-14)15-4-6-16(29-2)7-5-15/h3-9,14H,10-12H2,1-2H3. The molecule has 1 atom stereocenters. The third kappa shape index (κ3) is 4.92. The van der Waals surface area contributed by atoms with E-state index in [-0.39, 0.29) is 24.7 Å². The second-order valence-corrected chi connectivity index (χ2v) is 7.77. The quantitative estimate of drug-likeness (QED) is 0.375. The first-order valence-electron chi connectivity index (χ1n) is 8.90. The minimum Gasteiger partial charge on any atom is -0.495 e. The first kappa shape index (κ1) is 21.2. The summed E-state index contributed by atoms with van der Waals surface area (Å²) in [7, 11) is 1.48. The lowest BCUT2D eigenvalue weighted by Gasteiger charge is -2.16. The van der Waals surface area contributed by atoms with Gasteiger partial charge in [-0.15, -0.1) is 11.8 Å². The predicted octanol–water partition coefficient (Wildman–Crippen LogP) is 3.85. The highest BCUT2D eigenvalue weighted by Gasteiger charge is 2.36. The average molecular weight is 434 g/mol. The number of benzene rings is 2. The lowest BCUT2D eigenvalue weighted by atomic mass is 10.1. The highest BCUT2D eigenvalue weighted by Crippen LogP contribution is 2.28. The van der Waals surface area contributed by atoms with Gasteiger partial charge in [-0.2, -0.15) is 0 Å². The van der Waals surface area contributed by atoms with Crippen LogP contribution in [0.3, 0.4) is 0 Å². The van der Waals surface area contributed by atoms with Gasteiger partial charge in [-0.3, -0.25) is 14.4 Å². The summed E-state index contributed by atoms with van der Waals surface area (Å²) in [5.74, 6) is -1.23. The van der Waals surface area contributed by atoms with Gasteiger partial charge in [0.05, 0.1) is 18.1 Å². The molecule has 152 valence electrons. The van der Waals surface area contributed by atoms with Crippen molar-refractivity contribution in [1.82, 2.24) is 0 Å². The molecule has 1 aliphatic heterocycles. The van der Waals surface area contributed by atoms with Crippen LogP contribution in [0, 0.1) is 5.92 Å². The van der Waals surface area contributed by atoms with Gasteiger partial charge in [0.15, 0.2) is 12.4 Å². The highest BCUT2D eigenvalue weighted by molar-refractivity contribution is 7.98. The fraction of sp³-hybridized carbons (Fsp3) is 0.286. The number of rotatable bonds is 7. The molecule has 6 nitrogen and oxygen atoms in total. The summed E-state index contributed by atoms with van der Waals surface area (Å²) in [6, 6.07) is 12.2. The molecule has 29 heavy (non-hydrogen) atoms. The maximum absolute atomic E-state index is 12.4. The van der Waals surface area contributed by atoms with Crippen molar-refractivity contribution in [1.29, 1.82) is 0 Å². The Morgan fingerprint density at radius 3 is 2.55 bits per heavy atom. The Morgan fingerprint density at radius 2 is 1.93 bits per heavy atom.